The summed E-state index contributed by atoms with van der Waals surface area (Å²) in [6.07, 6.45) is 2.98. The minimum absolute atomic E-state index is 0.0924. The van der Waals surface area contributed by atoms with Crippen LogP contribution in [-0.4, -0.2) is 20.9 Å². The summed E-state index contributed by atoms with van der Waals surface area (Å²) in [6.45, 7) is 5.72. The average Bonchev–Trinajstić information content (AvgIpc) is 2.63. The number of amides is 1. The maximum absolute atomic E-state index is 13.1. The molecule has 0 bridgehead atoms. The topological polar surface area (TPSA) is 77.0 Å². The van der Waals surface area contributed by atoms with Crippen LogP contribution in [0.2, 0.25) is 5.02 Å². The molecule has 140 valence electrons. The largest absolute Gasteiger partial charge is 0.456 e. The van der Waals surface area contributed by atoms with Crippen LogP contribution in [0.1, 0.15) is 30.0 Å². The Labute approximate surface area is 161 Å². The highest BCUT2D eigenvalue weighted by atomic mass is 35.5. The molecule has 8 heteroatoms. The van der Waals surface area contributed by atoms with E-state index in [0.29, 0.717) is 22.2 Å². The fourth-order valence-corrected chi connectivity index (χ4v) is 2.22. The number of aryl methyl sites for hydroxylation is 1. The van der Waals surface area contributed by atoms with Gasteiger partial charge in [0.2, 0.25) is 5.95 Å². The summed E-state index contributed by atoms with van der Waals surface area (Å²) in [4.78, 5) is 24.0. The predicted molar refractivity (Wildman–Crippen MR) is 102 cm³/mol. The Morgan fingerprint density at radius 1 is 1.11 bits per heavy atom. The second kappa shape index (κ2) is 9.59. The van der Waals surface area contributed by atoms with E-state index in [1.54, 1.807) is 19.1 Å². The molecule has 3 rings (SSSR count). The number of rotatable bonds is 4. The number of anilines is 1. The standard InChI is InChI=1S/C17H12ClFN4O2.C2H6/c1-10-5-12(25-13-6-11(18)8-20-9-13)7-14(21-10)17(24)23-16-4-2-3-15(19)22-16;1-2/h2-9H,1H3,(H,22,23,24);1-2H3. The van der Waals surface area contributed by atoms with E-state index in [4.69, 9.17) is 16.3 Å². The third kappa shape index (κ3) is 6.00. The number of carbonyl (C=O) groups is 1. The van der Waals surface area contributed by atoms with E-state index in [2.05, 4.69) is 20.3 Å². The number of nitrogens with one attached hydrogen (secondary N) is 1. The normalized spacial score (nSPS) is 9.81. The van der Waals surface area contributed by atoms with Gasteiger partial charge in [0.1, 0.15) is 23.0 Å². The quantitative estimate of drug-likeness (QED) is 0.633. The lowest BCUT2D eigenvalue weighted by atomic mass is 10.2. The Morgan fingerprint density at radius 3 is 2.59 bits per heavy atom. The lowest BCUT2D eigenvalue weighted by Gasteiger charge is -2.09. The van der Waals surface area contributed by atoms with Crippen LogP contribution in [0.25, 0.3) is 0 Å². The number of pyridine rings is 3. The number of halogens is 2. The van der Waals surface area contributed by atoms with Gasteiger partial charge in [-0.2, -0.15) is 4.39 Å². The lowest BCUT2D eigenvalue weighted by Crippen LogP contribution is -2.15. The third-order valence-electron chi connectivity index (χ3n) is 3.03. The average molecular weight is 389 g/mol. The van der Waals surface area contributed by atoms with Gasteiger partial charge in [-0.05, 0) is 19.1 Å². The summed E-state index contributed by atoms with van der Waals surface area (Å²) < 4.78 is 18.8. The van der Waals surface area contributed by atoms with Crippen LogP contribution in [0.4, 0.5) is 10.2 Å². The molecule has 6 nitrogen and oxygen atoms in total. The summed E-state index contributed by atoms with van der Waals surface area (Å²) in [5, 5.41) is 2.91. The molecule has 1 amide bonds. The van der Waals surface area contributed by atoms with Crippen LogP contribution < -0.4 is 10.1 Å². The fraction of sp³-hybridized carbons (Fsp3) is 0.158. The maximum Gasteiger partial charge on any atom is 0.275 e. The summed E-state index contributed by atoms with van der Waals surface area (Å²) in [7, 11) is 0. The molecule has 0 aliphatic rings. The van der Waals surface area contributed by atoms with Gasteiger partial charge >= 0.3 is 0 Å². The van der Waals surface area contributed by atoms with E-state index in [1.807, 2.05) is 13.8 Å². The zero-order valence-electron chi connectivity index (χ0n) is 15.0. The Kier molecular flexibility index (Phi) is 7.19. The fourth-order valence-electron chi connectivity index (χ4n) is 2.05. The summed E-state index contributed by atoms with van der Waals surface area (Å²) in [6, 6.07) is 8.83. The smallest absolute Gasteiger partial charge is 0.275 e. The van der Waals surface area contributed by atoms with Gasteiger partial charge in [-0.1, -0.05) is 31.5 Å². The Morgan fingerprint density at radius 2 is 1.89 bits per heavy atom. The van der Waals surface area contributed by atoms with E-state index in [1.165, 1.54) is 36.7 Å². The molecule has 3 aromatic heterocycles. The first-order chi connectivity index (χ1) is 13.0. The van der Waals surface area contributed by atoms with Gasteiger partial charge in [-0.15, -0.1) is 0 Å². The molecule has 0 aliphatic heterocycles. The first-order valence-electron chi connectivity index (χ1n) is 8.20. The summed E-state index contributed by atoms with van der Waals surface area (Å²) >= 11 is 5.87. The number of aromatic nitrogens is 3. The molecular weight excluding hydrogens is 371 g/mol. The van der Waals surface area contributed by atoms with E-state index < -0.39 is 11.9 Å². The predicted octanol–water partition coefficient (Wildman–Crippen LogP) is 5.04. The van der Waals surface area contributed by atoms with Crippen molar-refractivity contribution in [2.45, 2.75) is 20.8 Å². The van der Waals surface area contributed by atoms with Crippen LogP contribution in [0, 0.1) is 12.9 Å². The van der Waals surface area contributed by atoms with Crippen molar-refractivity contribution in [3.63, 3.8) is 0 Å². The van der Waals surface area contributed by atoms with Crippen LogP contribution in [-0.2, 0) is 0 Å². The zero-order chi connectivity index (χ0) is 19.8. The zero-order valence-corrected chi connectivity index (χ0v) is 15.8. The molecule has 1 N–H and O–H groups in total. The van der Waals surface area contributed by atoms with Crippen LogP contribution in [0.5, 0.6) is 11.5 Å². The van der Waals surface area contributed by atoms with Crippen molar-refractivity contribution in [3.05, 3.63) is 71.2 Å². The van der Waals surface area contributed by atoms with E-state index in [-0.39, 0.29) is 11.5 Å². The summed E-state index contributed by atoms with van der Waals surface area (Å²) in [5.41, 5.74) is 0.681. The first-order valence-corrected chi connectivity index (χ1v) is 8.58. The number of nitrogens with zero attached hydrogens (tertiary/aromatic N) is 3. The molecule has 3 aromatic rings. The molecule has 0 atom stereocenters. The van der Waals surface area contributed by atoms with Crippen molar-refractivity contribution in [1.29, 1.82) is 0 Å². The first kappa shape index (κ1) is 20.3. The lowest BCUT2D eigenvalue weighted by molar-refractivity contribution is 0.102. The van der Waals surface area contributed by atoms with E-state index in [9.17, 15) is 9.18 Å². The minimum Gasteiger partial charge on any atom is -0.456 e. The van der Waals surface area contributed by atoms with Crippen LogP contribution >= 0.6 is 11.6 Å². The molecular formula is C19H18ClFN4O2. The molecule has 0 fully saturated rings. The van der Waals surface area contributed by atoms with Gasteiger partial charge in [-0.3, -0.25) is 9.78 Å². The molecule has 27 heavy (non-hydrogen) atoms. The van der Waals surface area contributed by atoms with Crippen LogP contribution in [0.15, 0.2) is 48.8 Å². The highest BCUT2D eigenvalue weighted by Crippen LogP contribution is 2.24. The maximum atomic E-state index is 13.1. The highest BCUT2D eigenvalue weighted by molar-refractivity contribution is 6.30. The van der Waals surface area contributed by atoms with Crippen molar-refractivity contribution < 1.29 is 13.9 Å². The monoisotopic (exact) mass is 388 g/mol. The molecule has 0 unspecified atom stereocenters. The highest BCUT2D eigenvalue weighted by Gasteiger charge is 2.12. The second-order valence-electron chi connectivity index (χ2n) is 5.07. The Hall–Kier alpha value is -3.06. The molecule has 0 radical (unpaired) electrons. The molecule has 0 saturated heterocycles. The van der Waals surface area contributed by atoms with Gasteiger partial charge in [0.15, 0.2) is 0 Å². The van der Waals surface area contributed by atoms with Gasteiger partial charge in [0.25, 0.3) is 5.91 Å². The van der Waals surface area contributed by atoms with E-state index >= 15 is 0 Å². The number of ether oxygens (including phenoxy) is 1. The minimum atomic E-state index is -0.688. The van der Waals surface area contributed by atoms with Gasteiger partial charge in [-0.25, -0.2) is 9.97 Å². The van der Waals surface area contributed by atoms with Crippen molar-refractivity contribution in [1.82, 2.24) is 15.0 Å². The SMILES string of the molecule is CC.Cc1cc(Oc2cncc(Cl)c2)cc(C(=O)Nc2cccc(F)n2)n1. The Balaban J connectivity index is 0.00000126. The van der Waals surface area contributed by atoms with Crippen molar-refractivity contribution in [2.24, 2.45) is 0 Å². The second-order valence-corrected chi connectivity index (χ2v) is 5.51. The van der Waals surface area contributed by atoms with Crippen molar-refractivity contribution >= 4 is 23.3 Å². The van der Waals surface area contributed by atoms with Crippen molar-refractivity contribution in [3.8, 4) is 11.5 Å². The Bertz CT molecular complexity index is 937. The number of hydrogen-bond acceptors (Lipinski definition) is 5. The molecule has 0 aliphatic carbocycles. The number of hydrogen-bond donors (Lipinski definition) is 1. The van der Waals surface area contributed by atoms with Gasteiger partial charge < -0.3 is 10.1 Å². The van der Waals surface area contributed by atoms with Gasteiger partial charge in [0.05, 0.1) is 11.2 Å². The van der Waals surface area contributed by atoms with Gasteiger partial charge in [0, 0.05) is 30.1 Å². The molecule has 0 spiro atoms. The van der Waals surface area contributed by atoms with Crippen molar-refractivity contribution in [2.75, 3.05) is 5.32 Å². The molecule has 0 aromatic carbocycles. The molecule has 3 heterocycles. The summed E-state index contributed by atoms with van der Waals surface area (Å²) in [5.74, 6) is -0.302. The van der Waals surface area contributed by atoms with Crippen LogP contribution in [0.3, 0.4) is 0 Å². The third-order valence-corrected chi connectivity index (χ3v) is 3.24. The number of carbonyl (C=O) groups excluding carboxylic acids is 1. The van der Waals surface area contributed by atoms with E-state index in [0.717, 1.165) is 0 Å². The molecule has 0 saturated carbocycles.